The Bertz CT molecular complexity index is 346. The maximum atomic E-state index is 12.3. The molecule has 0 amide bonds. The van der Waals surface area contributed by atoms with Gasteiger partial charge in [0.1, 0.15) is 6.07 Å². The molecule has 0 spiro atoms. The Balaban J connectivity index is 3.20. The minimum Gasteiger partial charge on any atom is -0.258 e. The van der Waals surface area contributed by atoms with Crippen LogP contribution >= 0.6 is 11.6 Å². The minimum absolute atomic E-state index is 0.0780. The molecule has 0 aliphatic heterocycles. The molecule has 5 heteroatoms. The maximum Gasteiger partial charge on any atom is 0.265 e. The molecule has 1 heterocycles. The summed E-state index contributed by atoms with van der Waals surface area (Å²) in [6.45, 7) is 0. The van der Waals surface area contributed by atoms with Gasteiger partial charge >= 0.3 is 0 Å². The number of alkyl halides is 3. The van der Waals surface area contributed by atoms with Crippen LogP contribution in [0.1, 0.15) is 23.2 Å². The number of hydrogen-bond acceptors (Lipinski definition) is 2. The molecular formula is C8H5ClF2N2. The van der Waals surface area contributed by atoms with Crippen molar-refractivity contribution < 1.29 is 8.78 Å². The topological polar surface area (TPSA) is 36.7 Å². The van der Waals surface area contributed by atoms with E-state index in [1.165, 1.54) is 6.20 Å². The molecule has 0 aromatic carbocycles. The number of hydrogen-bond donors (Lipinski definition) is 0. The highest BCUT2D eigenvalue weighted by atomic mass is 35.5. The van der Waals surface area contributed by atoms with E-state index < -0.39 is 6.43 Å². The van der Waals surface area contributed by atoms with E-state index in [1.54, 1.807) is 6.07 Å². The largest absolute Gasteiger partial charge is 0.265 e. The first-order valence-corrected chi connectivity index (χ1v) is 3.95. The third-order valence-corrected chi connectivity index (χ3v) is 1.75. The van der Waals surface area contributed by atoms with Crippen LogP contribution in [0.3, 0.4) is 0 Å². The van der Waals surface area contributed by atoms with Gasteiger partial charge in [0.2, 0.25) is 0 Å². The van der Waals surface area contributed by atoms with Gasteiger partial charge in [-0.05, 0) is 6.07 Å². The van der Waals surface area contributed by atoms with Gasteiger partial charge in [-0.25, -0.2) is 8.78 Å². The van der Waals surface area contributed by atoms with E-state index in [0.717, 1.165) is 6.07 Å². The Hall–Kier alpha value is -1.21. The van der Waals surface area contributed by atoms with Gasteiger partial charge in [0.25, 0.3) is 6.43 Å². The van der Waals surface area contributed by atoms with Gasteiger partial charge in [-0.1, -0.05) is 0 Å². The van der Waals surface area contributed by atoms with Gasteiger partial charge in [0, 0.05) is 11.8 Å². The predicted molar refractivity (Wildman–Crippen MR) is 43.5 cm³/mol. The van der Waals surface area contributed by atoms with Crippen molar-refractivity contribution in [2.45, 2.75) is 12.3 Å². The van der Waals surface area contributed by atoms with Crippen molar-refractivity contribution >= 4 is 11.6 Å². The monoisotopic (exact) mass is 202 g/mol. The summed E-state index contributed by atoms with van der Waals surface area (Å²) in [6.07, 6.45) is -1.42. The molecular weight excluding hydrogens is 198 g/mol. The average molecular weight is 203 g/mol. The Morgan fingerprint density at radius 1 is 1.62 bits per heavy atom. The fourth-order valence-corrected chi connectivity index (χ4v) is 1.10. The van der Waals surface area contributed by atoms with Crippen molar-refractivity contribution in [3.8, 4) is 6.07 Å². The normalized spacial score (nSPS) is 10.1. The quantitative estimate of drug-likeness (QED) is 0.692. The summed E-state index contributed by atoms with van der Waals surface area (Å²) in [5.41, 5.74) is -0.0334. The second-order valence-electron chi connectivity index (χ2n) is 2.31. The van der Waals surface area contributed by atoms with Gasteiger partial charge in [-0.15, -0.1) is 11.6 Å². The first kappa shape index (κ1) is 9.87. The van der Waals surface area contributed by atoms with Crippen LogP contribution in [0.2, 0.25) is 0 Å². The zero-order chi connectivity index (χ0) is 9.84. The van der Waals surface area contributed by atoms with Crippen molar-refractivity contribution in [3.63, 3.8) is 0 Å². The van der Waals surface area contributed by atoms with Gasteiger partial charge in [0.15, 0.2) is 0 Å². The summed E-state index contributed by atoms with van der Waals surface area (Å²) in [4.78, 5) is 3.65. The van der Waals surface area contributed by atoms with E-state index in [9.17, 15) is 8.78 Å². The Kier molecular flexibility index (Phi) is 3.15. The molecule has 1 aromatic heterocycles. The standard InChI is InChI=1S/C8H5ClF2N2/c9-2-7-6(8(10)11)1-5(3-12)4-13-7/h1,4,8H,2H2. The smallest absolute Gasteiger partial charge is 0.258 e. The Labute approximate surface area is 78.8 Å². The molecule has 0 atom stereocenters. The number of aromatic nitrogens is 1. The molecule has 68 valence electrons. The van der Waals surface area contributed by atoms with Gasteiger partial charge in [0.05, 0.1) is 17.1 Å². The molecule has 2 nitrogen and oxygen atoms in total. The van der Waals surface area contributed by atoms with Crippen LogP contribution in [0.25, 0.3) is 0 Å². The lowest BCUT2D eigenvalue weighted by molar-refractivity contribution is 0.150. The van der Waals surface area contributed by atoms with E-state index >= 15 is 0 Å². The number of rotatable bonds is 2. The molecule has 13 heavy (non-hydrogen) atoms. The Morgan fingerprint density at radius 2 is 2.31 bits per heavy atom. The summed E-state index contributed by atoms with van der Waals surface area (Å²) in [5.74, 6) is -0.0780. The van der Waals surface area contributed by atoms with Crippen LogP contribution in [0.4, 0.5) is 8.78 Å². The van der Waals surface area contributed by atoms with E-state index in [1.807, 2.05) is 0 Å². The second kappa shape index (κ2) is 4.15. The molecule has 0 aliphatic rings. The zero-order valence-electron chi connectivity index (χ0n) is 6.47. The third kappa shape index (κ3) is 2.13. The van der Waals surface area contributed by atoms with Crippen LogP contribution in [0.5, 0.6) is 0 Å². The summed E-state index contributed by atoms with van der Waals surface area (Å²) in [5, 5.41) is 8.44. The van der Waals surface area contributed by atoms with Crippen LogP contribution < -0.4 is 0 Å². The fourth-order valence-electron chi connectivity index (χ4n) is 0.872. The molecule has 0 fully saturated rings. The van der Waals surface area contributed by atoms with E-state index in [4.69, 9.17) is 16.9 Å². The highest BCUT2D eigenvalue weighted by Gasteiger charge is 2.14. The number of halogens is 3. The van der Waals surface area contributed by atoms with Crippen molar-refractivity contribution in [2.75, 3.05) is 0 Å². The first-order valence-electron chi connectivity index (χ1n) is 3.42. The molecule has 0 bridgehead atoms. The summed E-state index contributed by atoms with van der Waals surface area (Å²) in [7, 11) is 0. The molecule has 0 radical (unpaired) electrons. The Morgan fingerprint density at radius 3 is 2.77 bits per heavy atom. The predicted octanol–water partition coefficient (Wildman–Crippen LogP) is 2.63. The van der Waals surface area contributed by atoms with Crippen molar-refractivity contribution in [3.05, 3.63) is 29.1 Å². The van der Waals surface area contributed by atoms with Crippen molar-refractivity contribution in [2.24, 2.45) is 0 Å². The molecule has 0 aliphatic carbocycles. The number of pyridine rings is 1. The number of nitriles is 1. The second-order valence-corrected chi connectivity index (χ2v) is 2.57. The highest BCUT2D eigenvalue weighted by molar-refractivity contribution is 6.17. The lowest BCUT2D eigenvalue weighted by Crippen LogP contribution is -1.96. The van der Waals surface area contributed by atoms with Crippen LogP contribution in [0, 0.1) is 11.3 Å². The van der Waals surface area contributed by atoms with Crippen molar-refractivity contribution in [1.29, 1.82) is 5.26 Å². The third-order valence-electron chi connectivity index (χ3n) is 1.49. The zero-order valence-corrected chi connectivity index (χ0v) is 7.22. The lowest BCUT2D eigenvalue weighted by Gasteiger charge is -2.04. The van der Waals surface area contributed by atoms with Crippen LogP contribution in [0.15, 0.2) is 12.3 Å². The summed E-state index contributed by atoms with van der Waals surface area (Å²) >= 11 is 5.39. The molecule has 0 saturated heterocycles. The van der Waals surface area contributed by atoms with Crippen LogP contribution in [-0.2, 0) is 5.88 Å². The first-order chi connectivity index (χ1) is 6.19. The van der Waals surface area contributed by atoms with E-state index in [2.05, 4.69) is 4.98 Å². The van der Waals surface area contributed by atoms with Crippen LogP contribution in [-0.4, -0.2) is 4.98 Å². The van der Waals surface area contributed by atoms with Gasteiger partial charge in [-0.2, -0.15) is 5.26 Å². The fraction of sp³-hybridized carbons (Fsp3) is 0.250. The van der Waals surface area contributed by atoms with E-state index in [-0.39, 0.29) is 22.7 Å². The minimum atomic E-state index is -2.64. The average Bonchev–Trinajstić information content (AvgIpc) is 2.16. The molecule has 1 rings (SSSR count). The maximum absolute atomic E-state index is 12.3. The summed E-state index contributed by atoms with van der Waals surface area (Å²) < 4.78 is 24.6. The lowest BCUT2D eigenvalue weighted by atomic mass is 10.1. The van der Waals surface area contributed by atoms with Gasteiger partial charge < -0.3 is 0 Å². The van der Waals surface area contributed by atoms with Crippen molar-refractivity contribution in [1.82, 2.24) is 4.98 Å². The van der Waals surface area contributed by atoms with Gasteiger partial charge in [-0.3, -0.25) is 4.98 Å². The molecule has 0 saturated carbocycles. The molecule has 0 N–H and O–H groups in total. The summed E-state index contributed by atoms with van der Waals surface area (Å²) in [6, 6.07) is 2.84. The van der Waals surface area contributed by atoms with E-state index in [0.29, 0.717) is 0 Å². The molecule has 0 unspecified atom stereocenters. The SMILES string of the molecule is N#Cc1cnc(CCl)c(C(F)F)c1. The highest BCUT2D eigenvalue weighted by Crippen LogP contribution is 2.23. The number of nitrogens with zero attached hydrogens (tertiary/aromatic N) is 2. The molecule has 1 aromatic rings.